The lowest BCUT2D eigenvalue weighted by atomic mass is 9.97. The van der Waals surface area contributed by atoms with E-state index in [0.29, 0.717) is 22.4 Å². The second-order valence-corrected chi connectivity index (χ2v) is 8.71. The number of methoxy groups -OCH3 is 2. The van der Waals surface area contributed by atoms with E-state index in [0.717, 1.165) is 46.7 Å². The summed E-state index contributed by atoms with van der Waals surface area (Å²) in [5, 5.41) is 1.85. The first kappa shape index (κ1) is 20.7. The van der Waals surface area contributed by atoms with E-state index in [9.17, 15) is 4.79 Å². The fourth-order valence-electron chi connectivity index (χ4n) is 3.67. The molecule has 2 heterocycles. The Morgan fingerprint density at radius 3 is 2.63 bits per heavy atom. The van der Waals surface area contributed by atoms with Crippen molar-refractivity contribution in [1.29, 1.82) is 0 Å². The van der Waals surface area contributed by atoms with Gasteiger partial charge in [0.2, 0.25) is 5.91 Å². The predicted molar refractivity (Wildman–Crippen MR) is 122 cm³/mol. The largest absolute Gasteiger partial charge is 0.493 e. The molecule has 1 saturated heterocycles. The van der Waals surface area contributed by atoms with Crippen LogP contribution in [0.25, 0.3) is 16.3 Å². The number of halogens is 1. The van der Waals surface area contributed by atoms with Gasteiger partial charge in [-0.15, -0.1) is 11.3 Å². The molecule has 0 atom stereocenters. The van der Waals surface area contributed by atoms with Gasteiger partial charge < -0.3 is 14.4 Å². The van der Waals surface area contributed by atoms with E-state index in [1.54, 1.807) is 31.6 Å². The van der Waals surface area contributed by atoms with Gasteiger partial charge >= 0.3 is 0 Å². The summed E-state index contributed by atoms with van der Waals surface area (Å²) >= 11 is 7.80. The van der Waals surface area contributed by atoms with E-state index in [-0.39, 0.29) is 5.91 Å². The summed E-state index contributed by atoms with van der Waals surface area (Å²) in [7, 11) is 3.20. The minimum absolute atomic E-state index is 0.0271. The van der Waals surface area contributed by atoms with Crippen LogP contribution in [-0.4, -0.2) is 43.1 Å². The standard InChI is InChI=1S/C23H23ClN2O3S/c1-28-19-6-3-15(13-20(19)29-2)4-8-22(27)26-11-9-16(10-12-26)23-25-18-14-17(24)5-7-21(18)30-23/h3-8,13-14,16H,9-12H2,1-2H3/b8-4+. The molecule has 1 aromatic heterocycles. The van der Waals surface area contributed by atoms with Crippen LogP contribution in [0.5, 0.6) is 11.5 Å². The van der Waals surface area contributed by atoms with Gasteiger partial charge in [-0.1, -0.05) is 17.7 Å². The van der Waals surface area contributed by atoms with E-state index in [1.807, 2.05) is 47.4 Å². The zero-order valence-electron chi connectivity index (χ0n) is 16.9. The number of rotatable bonds is 5. The molecule has 5 nitrogen and oxygen atoms in total. The van der Waals surface area contributed by atoms with Gasteiger partial charge in [0.05, 0.1) is 29.4 Å². The first-order valence-electron chi connectivity index (χ1n) is 9.82. The molecule has 1 amide bonds. The normalized spacial score (nSPS) is 15.1. The van der Waals surface area contributed by atoms with Gasteiger partial charge in [-0.2, -0.15) is 0 Å². The Morgan fingerprint density at radius 2 is 1.90 bits per heavy atom. The monoisotopic (exact) mass is 442 g/mol. The molecule has 156 valence electrons. The third-order valence-electron chi connectivity index (χ3n) is 5.35. The fraction of sp³-hybridized carbons (Fsp3) is 0.304. The lowest BCUT2D eigenvalue weighted by molar-refractivity contribution is -0.126. The number of carbonyl (C=O) groups is 1. The summed E-state index contributed by atoms with van der Waals surface area (Å²) < 4.78 is 11.7. The number of hydrogen-bond acceptors (Lipinski definition) is 5. The molecule has 30 heavy (non-hydrogen) atoms. The van der Waals surface area contributed by atoms with Crippen LogP contribution in [0, 0.1) is 0 Å². The van der Waals surface area contributed by atoms with Gasteiger partial charge in [0.25, 0.3) is 0 Å². The van der Waals surface area contributed by atoms with Crippen molar-refractivity contribution in [3.63, 3.8) is 0 Å². The number of piperidine rings is 1. The van der Waals surface area contributed by atoms with Gasteiger partial charge in [0.1, 0.15) is 0 Å². The van der Waals surface area contributed by atoms with Gasteiger partial charge in [0.15, 0.2) is 11.5 Å². The molecule has 0 bridgehead atoms. The third-order valence-corrected chi connectivity index (χ3v) is 6.78. The van der Waals surface area contributed by atoms with Crippen molar-refractivity contribution < 1.29 is 14.3 Å². The van der Waals surface area contributed by atoms with Crippen LogP contribution < -0.4 is 9.47 Å². The topological polar surface area (TPSA) is 51.7 Å². The predicted octanol–water partition coefficient (Wildman–Crippen LogP) is 5.39. The Balaban J connectivity index is 1.37. The molecule has 1 fully saturated rings. The Bertz CT molecular complexity index is 1090. The number of carbonyl (C=O) groups excluding carboxylic acids is 1. The molecule has 0 spiro atoms. The molecule has 1 aliphatic heterocycles. The van der Waals surface area contributed by atoms with Crippen molar-refractivity contribution in [2.45, 2.75) is 18.8 Å². The number of hydrogen-bond donors (Lipinski definition) is 0. The highest BCUT2D eigenvalue weighted by Crippen LogP contribution is 2.35. The maximum Gasteiger partial charge on any atom is 0.246 e. The highest BCUT2D eigenvalue weighted by molar-refractivity contribution is 7.18. The van der Waals surface area contributed by atoms with E-state index in [1.165, 1.54) is 0 Å². The van der Waals surface area contributed by atoms with Crippen LogP contribution >= 0.6 is 22.9 Å². The Kier molecular flexibility index (Phi) is 6.25. The smallest absolute Gasteiger partial charge is 0.246 e. The summed E-state index contributed by atoms with van der Waals surface area (Å²) in [5.41, 5.74) is 1.85. The molecule has 4 rings (SSSR count). The summed E-state index contributed by atoms with van der Waals surface area (Å²) in [5.74, 6) is 1.73. The van der Waals surface area contributed by atoms with Gasteiger partial charge in [0, 0.05) is 30.1 Å². The summed E-state index contributed by atoms with van der Waals surface area (Å²) in [6, 6.07) is 11.4. The molecule has 1 aliphatic rings. The molecule has 0 radical (unpaired) electrons. The first-order valence-corrected chi connectivity index (χ1v) is 11.0. The number of ether oxygens (including phenoxy) is 2. The minimum atomic E-state index is 0.0271. The van der Waals surface area contributed by atoms with Crippen LogP contribution in [-0.2, 0) is 4.79 Å². The van der Waals surface area contributed by atoms with Crippen LogP contribution in [0.1, 0.15) is 29.3 Å². The maximum absolute atomic E-state index is 12.6. The SMILES string of the molecule is COc1ccc(/C=C/C(=O)N2CCC(c3nc4cc(Cl)ccc4s3)CC2)cc1OC. The number of aromatic nitrogens is 1. The van der Waals surface area contributed by atoms with Gasteiger partial charge in [-0.3, -0.25) is 4.79 Å². The number of thiazole rings is 1. The zero-order valence-corrected chi connectivity index (χ0v) is 18.5. The molecular formula is C23H23ClN2O3S. The maximum atomic E-state index is 12.6. The third kappa shape index (κ3) is 4.45. The number of amides is 1. The second kappa shape index (κ2) is 9.06. The average molecular weight is 443 g/mol. The molecule has 7 heteroatoms. The van der Waals surface area contributed by atoms with Crippen molar-refractivity contribution in [2.24, 2.45) is 0 Å². The summed E-state index contributed by atoms with van der Waals surface area (Å²) in [4.78, 5) is 19.3. The van der Waals surface area contributed by atoms with Crippen molar-refractivity contribution >= 4 is 45.1 Å². The number of benzene rings is 2. The van der Waals surface area contributed by atoms with Crippen LogP contribution in [0.15, 0.2) is 42.5 Å². The summed E-state index contributed by atoms with van der Waals surface area (Å²) in [6.45, 7) is 1.47. The highest BCUT2D eigenvalue weighted by atomic mass is 35.5. The van der Waals surface area contributed by atoms with Crippen molar-refractivity contribution in [3.8, 4) is 11.5 Å². The Labute approximate surface area is 184 Å². The lowest BCUT2D eigenvalue weighted by Gasteiger charge is -2.30. The molecule has 0 saturated carbocycles. The Morgan fingerprint density at radius 1 is 1.13 bits per heavy atom. The van der Waals surface area contributed by atoms with E-state index >= 15 is 0 Å². The molecule has 0 unspecified atom stereocenters. The minimum Gasteiger partial charge on any atom is -0.493 e. The van der Waals surface area contributed by atoms with Crippen LogP contribution in [0.3, 0.4) is 0 Å². The molecule has 3 aromatic rings. The van der Waals surface area contributed by atoms with Crippen LogP contribution in [0.4, 0.5) is 0 Å². The van der Waals surface area contributed by atoms with E-state index in [2.05, 4.69) is 0 Å². The quantitative estimate of drug-likeness (QED) is 0.497. The number of likely N-dealkylation sites (tertiary alicyclic amines) is 1. The van der Waals surface area contributed by atoms with Gasteiger partial charge in [-0.25, -0.2) is 4.98 Å². The first-order chi connectivity index (χ1) is 14.6. The van der Waals surface area contributed by atoms with Crippen molar-refractivity contribution in [3.05, 3.63) is 58.1 Å². The number of nitrogens with zero attached hydrogens (tertiary/aromatic N) is 2. The van der Waals surface area contributed by atoms with Crippen molar-refractivity contribution in [1.82, 2.24) is 9.88 Å². The Hall–Kier alpha value is -2.57. The van der Waals surface area contributed by atoms with Gasteiger partial charge in [-0.05, 0) is 54.8 Å². The molecule has 2 aromatic carbocycles. The van der Waals surface area contributed by atoms with Crippen LogP contribution in [0.2, 0.25) is 5.02 Å². The van der Waals surface area contributed by atoms with E-state index in [4.69, 9.17) is 26.1 Å². The highest BCUT2D eigenvalue weighted by Gasteiger charge is 2.25. The zero-order chi connectivity index (χ0) is 21.1. The number of fused-ring (bicyclic) bond motifs is 1. The fourth-order valence-corrected chi connectivity index (χ4v) is 4.95. The van der Waals surface area contributed by atoms with E-state index < -0.39 is 0 Å². The molecular weight excluding hydrogens is 420 g/mol. The van der Waals surface area contributed by atoms with Crippen molar-refractivity contribution in [2.75, 3.05) is 27.3 Å². The molecule has 0 N–H and O–H groups in total. The summed E-state index contributed by atoms with van der Waals surface area (Å²) in [6.07, 6.45) is 5.28. The lowest BCUT2D eigenvalue weighted by Crippen LogP contribution is -2.36. The second-order valence-electron chi connectivity index (χ2n) is 7.21. The average Bonchev–Trinajstić information content (AvgIpc) is 3.20. The molecule has 0 aliphatic carbocycles.